The Balaban J connectivity index is 2.20. The van der Waals surface area contributed by atoms with Gasteiger partial charge in [0, 0.05) is 10.9 Å². The van der Waals surface area contributed by atoms with Gasteiger partial charge in [-0.3, -0.25) is 0 Å². The molecule has 0 aliphatic carbocycles. The Morgan fingerprint density at radius 3 is 2.17 bits per heavy atom. The van der Waals surface area contributed by atoms with Crippen LogP contribution >= 0.6 is 0 Å². The normalized spacial score (nSPS) is 14.1. The van der Waals surface area contributed by atoms with Crippen molar-refractivity contribution in [1.29, 1.82) is 0 Å². The summed E-state index contributed by atoms with van der Waals surface area (Å²) in [5, 5.41) is 12.8. The minimum Gasteiger partial charge on any atom is -0.494 e. The summed E-state index contributed by atoms with van der Waals surface area (Å²) in [6.07, 6.45) is -6.38. The van der Waals surface area contributed by atoms with Gasteiger partial charge in [0.1, 0.15) is 28.6 Å². The molecule has 10 nitrogen and oxygen atoms in total. The lowest BCUT2D eigenvalue weighted by Gasteiger charge is -2.31. The average Bonchev–Trinajstić information content (AvgIpc) is 3.23. The monoisotopic (exact) mass is 567 g/mol. The number of aromatic nitrogens is 2. The van der Waals surface area contributed by atoms with Crippen molar-refractivity contribution in [3.8, 4) is 17.2 Å². The molecule has 40 heavy (non-hydrogen) atoms. The minimum atomic E-state index is -4.70. The maximum Gasteiger partial charge on any atom is 0.433 e. The van der Waals surface area contributed by atoms with E-state index in [9.17, 15) is 27.9 Å². The van der Waals surface area contributed by atoms with Gasteiger partial charge in [-0.1, -0.05) is 0 Å². The number of carbonyl (C=O) groups excluding carboxylic acids is 1. The largest absolute Gasteiger partial charge is 0.494 e. The molecule has 1 amide bonds. The number of carbonyl (C=O) groups is 2. The van der Waals surface area contributed by atoms with E-state index in [2.05, 4.69) is 15.3 Å². The number of nitrogens with zero attached hydrogens (tertiary/aromatic N) is 2. The summed E-state index contributed by atoms with van der Waals surface area (Å²) in [5.41, 5.74) is -3.16. The van der Waals surface area contributed by atoms with Crippen molar-refractivity contribution in [2.75, 3.05) is 7.11 Å². The van der Waals surface area contributed by atoms with Gasteiger partial charge in [0.05, 0.1) is 18.8 Å². The van der Waals surface area contributed by atoms with Gasteiger partial charge in [0.2, 0.25) is 5.89 Å². The molecule has 0 saturated heterocycles. The number of aromatic carboxylic acids is 1. The molecule has 1 aromatic carbocycles. The number of methoxy groups -OCH3 is 1. The molecule has 0 aliphatic rings. The van der Waals surface area contributed by atoms with Crippen molar-refractivity contribution < 1.29 is 46.5 Å². The molecule has 0 bridgehead atoms. The number of carboxylic acid groups (broad SMARTS) is 1. The number of alkyl carbamates (subject to hydrolysis) is 1. The molecule has 0 aliphatic heterocycles. The zero-order valence-corrected chi connectivity index (χ0v) is 23.4. The van der Waals surface area contributed by atoms with Crippen LogP contribution in [0, 0.1) is 0 Å². The Morgan fingerprint density at radius 2 is 1.65 bits per heavy atom. The third kappa shape index (κ3) is 7.20. The Labute approximate surface area is 228 Å². The molecule has 0 fully saturated rings. The molecule has 13 heteroatoms. The van der Waals surface area contributed by atoms with Crippen LogP contribution < -0.4 is 10.1 Å². The molecule has 218 valence electrons. The average molecular weight is 568 g/mol. The van der Waals surface area contributed by atoms with E-state index in [1.807, 2.05) is 0 Å². The van der Waals surface area contributed by atoms with E-state index in [-0.39, 0.29) is 33.9 Å². The Kier molecular flexibility index (Phi) is 8.40. The third-order valence-corrected chi connectivity index (χ3v) is 5.38. The summed E-state index contributed by atoms with van der Waals surface area (Å²) in [4.78, 5) is 32.8. The zero-order valence-electron chi connectivity index (χ0n) is 23.4. The smallest absolute Gasteiger partial charge is 0.433 e. The first-order chi connectivity index (χ1) is 18.3. The summed E-state index contributed by atoms with van der Waals surface area (Å²) in [5.74, 6) is -1.86. The minimum absolute atomic E-state index is 0.0618. The molecule has 2 N–H and O–H groups in total. The molecular formula is C27H32F3N3O7. The summed E-state index contributed by atoms with van der Waals surface area (Å²) in [6, 6.07) is 3.63. The molecule has 0 spiro atoms. The number of alkyl halides is 3. The first kappa shape index (κ1) is 30.7. The molecular weight excluding hydrogens is 535 g/mol. The second-order valence-corrected chi connectivity index (χ2v) is 11.0. The number of nitrogens with one attached hydrogen (secondary N) is 1. The highest BCUT2D eigenvalue weighted by atomic mass is 19.4. The first-order valence-electron chi connectivity index (χ1n) is 12.3. The van der Waals surface area contributed by atoms with E-state index in [4.69, 9.17) is 18.6 Å². The lowest BCUT2D eigenvalue weighted by molar-refractivity contribution is -0.141. The number of halogens is 3. The van der Waals surface area contributed by atoms with Crippen molar-refractivity contribution in [2.24, 2.45) is 0 Å². The van der Waals surface area contributed by atoms with E-state index in [1.54, 1.807) is 48.5 Å². The number of pyridine rings is 1. The number of amides is 1. The maximum absolute atomic E-state index is 13.4. The highest BCUT2D eigenvalue weighted by Crippen LogP contribution is 2.38. The van der Waals surface area contributed by atoms with Crippen LogP contribution in [0.25, 0.3) is 22.4 Å². The van der Waals surface area contributed by atoms with Crippen molar-refractivity contribution in [1.82, 2.24) is 15.3 Å². The van der Waals surface area contributed by atoms with Gasteiger partial charge in [-0.05, 0) is 72.7 Å². The van der Waals surface area contributed by atoms with Crippen LogP contribution in [-0.2, 0) is 15.7 Å². The lowest BCUT2D eigenvalue weighted by Crippen LogP contribution is -2.42. The predicted molar refractivity (Wildman–Crippen MR) is 138 cm³/mol. The molecule has 3 aromatic rings. The number of carboxylic acids is 1. The number of oxazole rings is 1. The highest BCUT2D eigenvalue weighted by molar-refractivity contribution is 5.97. The van der Waals surface area contributed by atoms with Crippen LogP contribution in [0.2, 0.25) is 0 Å². The molecule has 0 saturated carbocycles. The van der Waals surface area contributed by atoms with Crippen LogP contribution in [0.4, 0.5) is 18.0 Å². The van der Waals surface area contributed by atoms with Gasteiger partial charge in [0.15, 0.2) is 11.5 Å². The summed E-state index contributed by atoms with van der Waals surface area (Å²) in [7, 11) is 1.28. The summed E-state index contributed by atoms with van der Waals surface area (Å²) >= 11 is 0. The van der Waals surface area contributed by atoms with E-state index in [0.29, 0.717) is 0 Å². The van der Waals surface area contributed by atoms with Gasteiger partial charge >= 0.3 is 18.2 Å². The van der Waals surface area contributed by atoms with Gasteiger partial charge in [-0.2, -0.15) is 13.2 Å². The third-order valence-electron chi connectivity index (χ3n) is 5.38. The number of ether oxygens (including phenoxy) is 3. The van der Waals surface area contributed by atoms with E-state index in [0.717, 1.165) is 6.07 Å². The maximum atomic E-state index is 13.4. The lowest BCUT2D eigenvalue weighted by atomic mass is 10.1. The second kappa shape index (κ2) is 11.0. The quantitative estimate of drug-likeness (QED) is 0.333. The van der Waals surface area contributed by atoms with Gasteiger partial charge < -0.3 is 29.1 Å². The number of rotatable bonds is 7. The van der Waals surface area contributed by atoms with Crippen LogP contribution in [-0.4, -0.2) is 51.6 Å². The fourth-order valence-corrected chi connectivity index (χ4v) is 3.97. The van der Waals surface area contributed by atoms with Gasteiger partial charge in [-0.15, -0.1) is 0 Å². The van der Waals surface area contributed by atoms with Crippen molar-refractivity contribution in [3.63, 3.8) is 0 Å². The second-order valence-electron chi connectivity index (χ2n) is 11.0. The van der Waals surface area contributed by atoms with Crippen LogP contribution in [0.15, 0.2) is 28.7 Å². The Hall–Kier alpha value is -3.87. The number of hydrogen-bond donors (Lipinski definition) is 2. The number of fused-ring (bicyclic) bond motifs is 1. The summed E-state index contributed by atoms with van der Waals surface area (Å²) in [6.45, 7) is 12.0. The van der Waals surface area contributed by atoms with E-state index < -0.39 is 53.0 Å². The topological polar surface area (TPSA) is 133 Å². The number of hydrogen-bond acceptors (Lipinski definition) is 8. The zero-order chi connectivity index (χ0) is 30.2. The van der Waals surface area contributed by atoms with E-state index >= 15 is 0 Å². The molecule has 0 unspecified atom stereocenters. The molecule has 0 radical (unpaired) electrons. The molecule has 2 aromatic heterocycles. The van der Waals surface area contributed by atoms with Crippen LogP contribution in [0.5, 0.6) is 5.75 Å². The molecule has 2 heterocycles. The van der Waals surface area contributed by atoms with Gasteiger partial charge in [0.25, 0.3) is 0 Å². The SMILES string of the molecule is COc1ccc(-c2nc(C(=O)O)c([C@@H](NC(=O)OC(C)(C)C)[C@@H](C)OC(C)(C)C)o2)c2ccc(C(F)(F)F)nc12. The Morgan fingerprint density at radius 1 is 1.00 bits per heavy atom. The van der Waals surface area contributed by atoms with Crippen LogP contribution in [0.3, 0.4) is 0 Å². The Bertz CT molecular complexity index is 1410. The fourth-order valence-electron chi connectivity index (χ4n) is 3.97. The van der Waals surface area contributed by atoms with Crippen LogP contribution in [0.1, 0.15) is 76.5 Å². The van der Waals surface area contributed by atoms with Crippen molar-refractivity contribution >= 4 is 23.0 Å². The molecule has 2 atom stereocenters. The fraction of sp³-hybridized carbons (Fsp3) is 0.481. The van der Waals surface area contributed by atoms with Crippen molar-refractivity contribution in [2.45, 2.75) is 78.0 Å². The van der Waals surface area contributed by atoms with Gasteiger partial charge in [-0.25, -0.2) is 19.6 Å². The number of benzene rings is 1. The predicted octanol–water partition coefficient (Wildman–Crippen LogP) is 6.38. The highest BCUT2D eigenvalue weighted by Gasteiger charge is 2.36. The van der Waals surface area contributed by atoms with Crippen molar-refractivity contribution in [3.05, 3.63) is 41.4 Å². The summed E-state index contributed by atoms with van der Waals surface area (Å²) < 4.78 is 62.5. The standard InChI is InChI=1S/C27H32F3N3O7/c1-13(39-25(2,3)4)18(33-24(36)40-26(5,6)7)21-20(23(34)35)32-22(38-21)15-9-11-16(37-8)19-14(15)10-12-17(31-19)27(28,29)30/h9-13,18H,1-8H3,(H,33,36)(H,34,35)/t13-,18+/m1/s1. The van der Waals surface area contributed by atoms with E-state index in [1.165, 1.54) is 25.3 Å². The molecule has 3 rings (SSSR count). The first-order valence-corrected chi connectivity index (χ1v) is 12.3.